The smallest absolute Gasteiger partial charge is 0 e. The van der Waals surface area contributed by atoms with E-state index in [1.807, 2.05) is 0 Å². The van der Waals surface area contributed by atoms with E-state index in [4.69, 9.17) is 0 Å². The van der Waals surface area contributed by atoms with E-state index in [9.17, 15) is 0 Å². The maximum Gasteiger partial charge on any atom is 0 e. The molecule has 0 amide bonds. The molecule has 19 valence electrons. The Morgan fingerprint density at radius 1 is 1.00 bits per heavy atom. The van der Waals surface area contributed by atoms with Crippen molar-refractivity contribution in [3.8, 4) is 0 Å². The molecule has 0 N–H and O–H groups in total. The summed E-state index contributed by atoms with van der Waals surface area (Å²) in [5.74, 6) is 0. The van der Waals surface area contributed by atoms with E-state index >= 15 is 0 Å². The van der Waals surface area contributed by atoms with Gasteiger partial charge in [0.25, 0.3) is 0 Å². The average Bonchev–Trinajstić information content (AvgIpc) is 0. The molecule has 0 aromatic carbocycles. The third kappa shape index (κ3) is 8.93. The Morgan fingerprint density at radius 2 is 1.00 bits per heavy atom. The van der Waals surface area contributed by atoms with E-state index in [0.29, 0.717) is 0 Å². The number of rotatable bonds is 0. The predicted molar refractivity (Wildman–Crippen MR) is 30.2 cm³/mol. The molecule has 0 saturated carbocycles. The molecule has 1 unspecified atom stereocenters. The summed E-state index contributed by atoms with van der Waals surface area (Å²) in [5.41, 5.74) is 0. The fourth-order valence-electron chi connectivity index (χ4n) is 0. The zero-order valence-corrected chi connectivity index (χ0v) is 6.84. The van der Waals surface area contributed by atoms with Gasteiger partial charge in [-0.3, -0.25) is 0 Å². The van der Waals surface area contributed by atoms with Gasteiger partial charge in [-0.1, -0.05) is 0 Å². The first-order chi connectivity index (χ1) is 0. The quantitative estimate of drug-likeness (QED) is 0.308. The van der Waals surface area contributed by atoms with Crippen molar-refractivity contribution >= 4 is 69.5 Å². The fourth-order valence-corrected chi connectivity index (χ4v) is 0. The summed E-state index contributed by atoms with van der Waals surface area (Å²) in [6, 6.07) is 0. The Balaban J connectivity index is 0. The van der Waals surface area contributed by atoms with Crippen LogP contribution >= 0.6 is 23.4 Å². The van der Waals surface area contributed by atoms with Crippen molar-refractivity contribution in [3.63, 3.8) is 0 Å². The van der Waals surface area contributed by atoms with Crippen LogP contribution in [0.5, 0.6) is 0 Å². The first kappa shape index (κ1) is 35.9. The van der Waals surface area contributed by atoms with Crippen LogP contribution in [0, 0.1) is 0 Å². The molecule has 0 aromatic rings. The van der Waals surface area contributed by atoms with Crippen molar-refractivity contribution in [1.82, 2.24) is 0 Å². The Hall–Kier alpha value is 2.10. The van der Waals surface area contributed by atoms with Gasteiger partial charge in [0, 0.05) is 59.6 Å². The Kier molecular flexibility index (Phi) is 174. The van der Waals surface area contributed by atoms with Gasteiger partial charge in [0.2, 0.25) is 0 Å². The van der Waals surface area contributed by atoms with Crippen LogP contribution in [0.4, 0.5) is 0 Å². The summed E-state index contributed by atoms with van der Waals surface area (Å²) in [7, 11) is 0. The van der Waals surface area contributed by atoms with Crippen LogP contribution in [0.25, 0.3) is 0 Å². The second kappa shape index (κ2) is 19.4. The maximum atomic E-state index is 0. The summed E-state index contributed by atoms with van der Waals surface area (Å²) >= 11 is 0. The molecule has 0 aliphatic heterocycles. The van der Waals surface area contributed by atoms with Crippen molar-refractivity contribution in [2.24, 2.45) is 0 Å². The summed E-state index contributed by atoms with van der Waals surface area (Å²) in [4.78, 5) is 0. The second-order valence-electron chi connectivity index (χ2n) is 0. The predicted octanol–water partition coefficient (Wildman–Crippen LogP) is -0.0553. The minimum absolute atomic E-state index is 0. The van der Waals surface area contributed by atoms with Crippen LogP contribution < -0.4 is 0 Å². The largest absolute Gasteiger partial charge is 0.153 e. The molecule has 0 nitrogen and oxygen atoms in total. The van der Waals surface area contributed by atoms with Crippen LogP contribution in [0.1, 0.15) is 0 Å². The zero-order valence-electron chi connectivity index (χ0n) is 2.40. The van der Waals surface area contributed by atoms with Crippen LogP contribution in [0.15, 0.2) is 0 Å². The number of hydrogen-bond donors (Lipinski definition) is 0. The Labute approximate surface area is 68.8 Å². The monoisotopic (exact) mass is 117 g/mol. The van der Waals surface area contributed by atoms with Crippen LogP contribution in [-0.2, 0) is 0 Å². The summed E-state index contributed by atoms with van der Waals surface area (Å²) in [6.07, 6.45) is 0. The van der Waals surface area contributed by atoms with Gasteiger partial charge in [-0.2, -0.15) is 9.90 Å². The standard InChI is InChI=1S/B.Ca.H3P.S/h;;1H3;. The number of hydrogen-bond acceptors (Lipinski definition) is 0. The molecule has 0 aliphatic rings. The van der Waals surface area contributed by atoms with Crippen molar-refractivity contribution in [2.75, 3.05) is 0 Å². The molecule has 4 heteroatoms. The van der Waals surface area contributed by atoms with Crippen LogP contribution in [-0.4, -0.2) is 46.2 Å². The van der Waals surface area contributed by atoms with Gasteiger partial charge in [-0.05, 0) is 0 Å². The van der Waals surface area contributed by atoms with E-state index < -0.39 is 0 Å². The zero-order chi connectivity index (χ0) is 0. The fraction of sp³-hybridized carbons (Fsp3) is 0. The molecule has 0 rings (SSSR count). The van der Waals surface area contributed by atoms with Gasteiger partial charge in [0.15, 0.2) is 0 Å². The van der Waals surface area contributed by atoms with E-state index in [-0.39, 0.29) is 69.5 Å². The minimum atomic E-state index is 0. The SMILES string of the molecule is P.[B].[Ca].[S]. The molecule has 0 heterocycles. The van der Waals surface area contributed by atoms with Crippen molar-refractivity contribution in [2.45, 2.75) is 0 Å². The van der Waals surface area contributed by atoms with Crippen molar-refractivity contribution in [1.29, 1.82) is 0 Å². The van der Waals surface area contributed by atoms with E-state index in [1.165, 1.54) is 0 Å². The molecule has 0 fully saturated rings. The summed E-state index contributed by atoms with van der Waals surface area (Å²) in [6.45, 7) is 0. The molecular weight excluding hydrogens is 114 g/mol. The molecule has 1 atom stereocenters. The van der Waals surface area contributed by atoms with Crippen LogP contribution in [0.2, 0.25) is 0 Å². The van der Waals surface area contributed by atoms with Gasteiger partial charge in [-0.15, -0.1) is 0 Å². The molecular formula is H3BCaPS. The molecule has 4 heavy (non-hydrogen) atoms. The first-order valence-electron chi connectivity index (χ1n) is 0. The van der Waals surface area contributed by atoms with E-state index in [1.54, 1.807) is 0 Å². The minimum Gasteiger partial charge on any atom is -0.153 e. The molecule has 0 aromatic heterocycles. The summed E-state index contributed by atoms with van der Waals surface area (Å²) < 4.78 is 0. The van der Waals surface area contributed by atoms with Crippen molar-refractivity contribution < 1.29 is 0 Å². The topological polar surface area (TPSA) is 0 Å². The normalized spacial score (nSPS) is 0. The van der Waals surface area contributed by atoms with Gasteiger partial charge >= 0.3 is 0 Å². The first-order valence-corrected chi connectivity index (χ1v) is 0. The van der Waals surface area contributed by atoms with E-state index in [0.717, 1.165) is 0 Å². The van der Waals surface area contributed by atoms with Gasteiger partial charge in [0.05, 0.1) is 0 Å². The molecule has 0 spiro atoms. The molecule has 0 saturated heterocycles. The third-order valence-corrected chi connectivity index (χ3v) is 0. The van der Waals surface area contributed by atoms with Gasteiger partial charge in [0.1, 0.15) is 0 Å². The van der Waals surface area contributed by atoms with E-state index in [2.05, 4.69) is 0 Å². The molecule has 0 aliphatic carbocycles. The van der Waals surface area contributed by atoms with Gasteiger partial charge in [-0.25, -0.2) is 0 Å². The van der Waals surface area contributed by atoms with Crippen molar-refractivity contribution in [3.05, 3.63) is 0 Å². The molecule has 0 bridgehead atoms. The molecule has 7 radical (unpaired) electrons. The maximum absolute atomic E-state index is 0. The average molecular weight is 117 g/mol. The summed E-state index contributed by atoms with van der Waals surface area (Å²) in [5, 5.41) is 0. The second-order valence-corrected chi connectivity index (χ2v) is 0. The third-order valence-electron chi connectivity index (χ3n) is 0. The Morgan fingerprint density at radius 3 is 1.00 bits per heavy atom. The van der Waals surface area contributed by atoms with Crippen LogP contribution in [0.3, 0.4) is 0 Å². The van der Waals surface area contributed by atoms with Gasteiger partial charge < -0.3 is 0 Å². The Bertz CT molecular complexity index is 8.00.